The summed E-state index contributed by atoms with van der Waals surface area (Å²) in [4.78, 5) is 14.5. The minimum absolute atomic E-state index is 0.157. The Balaban J connectivity index is 1.53. The Labute approximate surface area is 162 Å². The van der Waals surface area contributed by atoms with Crippen molar-refractivity contribution in [2.45, 2.75) is 12.8 Å². The van der Waals surface area contributed by atoms with E-state index in [4.69, 9.17) is 0 Å². The van der Waals surface area contributed by atoms with Gasteiger partial charge in [-0.3, -0.25) is 9.52 Å². The van der Waals surface area contributed by atoms with Crippen molar-refractivity contribution in [3.05, 3.63) is 70.6 Å². The van der Waals surface area contributed by atoms with Crippen LogP contribution in [0.25, 0.3) is 10.4 Å². The average molecular weight is 399 g/mol. The van der Waals surface area contributed by atoms with Crippen molar-refractivity contribution in [3.8, 4) is 10.4 Å². The van der Waals surface area contributed by atoms with Crippen LogP contribution in [0.4, 0.5) is 11.4 Å². The molecule has 0 bridgehead atoms. The minimum atomic E-state index is -3.32. The molecule has 1 aromatic heterocycles. The fraction of sp³-hybridized carbons (Fsp3) is 0.150. The first-order chi connectivity index (χ1) is 12.9. The quantitative estimate of drug-likeness (QED) is 0.694. The topological polar surface area (TPSA) is 75.3 Å². The molecule has 1 aliphatic rings. The molecule has 138 valence electrons. The molecule has 0 radical (unpaired) electrons. The first kappa shape index (κ1) is 17.8. The second-order valence-corrected chi connectivity index (χ2v) is 9.33. The maximum atomic E-state index is 12.6. The van der Waals surface area contributed by atoms with E-state index in [1.807, 2.05) is 18.2 Å². The van der Waals surface area contributed by atoms with Gasteiger partial charge in [0.05, 0.1) is 11.1 Å². The van der Waals surface area contributed by atoms with E-state index in [0.29, 0.717) is 16.3 Å². The number of benzene rings is 2. The molecule has 0 spiro atoms. The summed E-state index contributed by atoms with van der Waals surface area (Å²) >= 11 is 1.51. The molecular weight excluding hydrogens is 380 g/mol. The molecule has 5 nitrogen and oxygen atoms in total. The number of nitrogens with one attached hydrogen (secondary N) is 2. The van der Waals surface area contributed by atoms with Crippen LogP contribution in [0.2, 0.25) is 0 Å². The van der Waals surface area contributed by atoms with E-state index in [9.17, 15) is 13.2 Å². The van der Waals surface area contributed by atoms with E-state index in [1.165, 1.54) is 32.9 Å². The minimum Gasteiger partial charge on any atom is -0.321 e. The van der Waals surface area contributed by atoms with E-state index >= 15 is 0 Å². The smallest absolute Gasteiger partial charge is 0.265 e. The molecule has 27 heavy (non-hydrogen) atoms. The summed E-state index contributed by atoms with van der Waals surface area (Å²) in [7, 11) is -3.32. The van der Waals surface area contributed by atoms with Crippen LogP contribution in [-0.2, 0) is 22.9 Å². The van der Waals surface area contributed by atoms with Gasteiger partial charge in [-0.2, -0.15) is 0 Å². The van der Waals surface area contributed by atoms with Crippen LogP contribution in [0.3, 0.4) is 0 Å². The summed E-state index contributed by atoms with van der Waals surface area (Å²) in [6, 6.07) is 16.9. The summed E-state index contributed by atoms with van der Waals surface area (Å²) in [6.45, 7) is 0. The number of fused-ring (bicyclic) bond motifs is 3. The van der Waals surface area contributed by atoms with Gasteiger partial charge in [0.25, 0.3) is 5.91 Å². The van der Waals surface area contributed by atoms with Gasteiger partial charge < -0.3 is 5.32 Å². The van der Waals surface area contributed by atoms with Gasteiger partial charge in [-0.15, -0.1) is 11.3 Å². The number of carbonyl (C=O) groups excluding carboxylic acids is 1. The van der Waals surface area contributed by atoms with Crippen molar-refractivity contribution in [1.29, 1.82) is 0 Å². The lowest BCUT2D eigenvalue weighted by Gasteiger charge is -2.15. The Morgan fingerprint density at radius 1 is 0.963 bits per heavy atom. The molecule has 0 saturated heterocycles. The van der Waals surface area contributed by atoms with E-state index < -0.39 is 10.0 Å². The highest BCUT2D eigenvalue weighted by molar-refractivity contribution is 7.92. The fourth-order valence-corrected chi connectivity index (χ4v) is 4.94. The highest BCUT2D eigenvalue weighted by Crippen LogP contribution is 2.39. The number of carbonyl (C=O) groups is 1. The molecule has 0 atom stereocenters. The van der Waals surface area contributed by atoms with Crippen LogP contribution < -0.4 is 10.0 Å². The Morgan fingerprint density at radius 2 is 1.63 bits per heavy atom. The van der Waals surface area contributed by atoms with Crippen molar-refractivity contribution in [2.24, 2.45) is 0 Å². The number of amides is 1. The number of thiophene rings is 1. The summed E-state index contributed by atoms with van der Waals surface area (Å²) in [5, 5.41) is 2.88. The van der Waals surface area contributed by atoms with Crippen molar-refractivity contribution >= 4 is 38.6 Å². The lowest BCUT2D eigenvalue weighted by Crippen LogP contribution is -2.11. The largest absolute Gasteiger partial charge is 0.321 e. The van der Waals surface area contributed by atoms with Crippen LogP contribution in [-0.4, -0.2) is 20.6 Å². The first-order valence-corrected chi connectivity index (χ1v) is 11.2. The molecule has 1 aliphatic carbocycles. The number of hydrogen-bond donors (Lipinski definition) is 2. The summed E-state index contributed by atoms with van der Waals surface area (Å²) in [5.41, 5.74) is 4.84. The predicted molar refractivity (Wildman–Crippen MR) is 110 cm³/mol. The molecule has 3 aromatic rings. The van der Waals surface area contributed by atoms with Crippen LogP contribution in [0.1, 0.15) is 20.8 Å². The molecule has 0 aliphatic heterocycles. The van der Waals surface area contributed by atoms with Gasteiger partial charge in [0.2, 0.25) is 10.0 Å². The number of sulfonamides is 1. The number of rotatable bonds is 4. The van der Waals surface area contributed by atoms with Gasteiger partial charge in [-0.05, 0) is 59.9 Å². The van der Waals surface area contributed by atoms with Crippen molar-refractivity contribution in [1.82, 2.24) is 0 Å². The Bertz CT molecular complexity index is 1120. The average Bonchev–Trinajstić information content (AvgIpc) is 3.07. The highest BCUT2D eigenvalue weighted by atomic mass is 32.2. The zero-order chi connectivity index (χ0) is 19.0. The van der Waals surface area contributed by atoms with Crippen LogP contribution in [0.5, 0.6) is 0 Å². The Morgan fingerprint density at radius 3 is 2.37 bits per heavy atom. The molecule has 0 fully saturated rings. The summed E-state index contributed by atoms with van der Waals surface area (Å²) in [6.07, 6.45) is 3.04. The first-order valence-electron chi connectivity index (χ1n) is 8.49. The van der Waals surface area contributed by atoms with Crippen LogP contribution in [0.15, 0.2) is 54.6 Å². The molecule has 2 aromatic carbocycles. The lowest BCUT2D eigenvalue weighted by molar-refractivity contribution is 0.103. The van der Waals surface area contributed by atoms with E-state index in [1.54, 1.807) is 24.3 Å². The van der Waals surface area contributed by atoms with Gasteiger partial charge in [-0.1, -0.05) is 24.3 Å². The molecule has 4 rings (SSSR count). The standard InChI is InChI=1S/C20H18N2O3S2/c1-27(24,25)22-16-10-8-15(9-11-16)21-20(23)18-12-14-7-6-13-4-2-3-5-17(13)19(14)26-18/h2-5,8-12,22H,6-7H2,1H3,(H,21,23). The van der Waals surface area contributed by atoms with E-state index in [2.05, 4.69) is 22.2 Å². The van der Waals surface area contributed by atoms with Gasteiger partial charge in [0.15, 0.2) is 0 Å². The maximum absolute atomic E-state index is 12.6. The highest BCUT2D eigenvalue weighted by Gasteiger charge is 2.21. The fourth-order valence-electron chi connectivity index (χ4n) is 3.21. The summed E-state index contributed by atoms with van der Waals surface area (Å²) in [5.74, 6) is -0.157. The molecule has 0 unspecified atom stereocenters. The third kappa shape index (κ3) is 3.89. The normalized spacial score (nSPS) is 12.8. The predicted octanol–water partition coefficient (Wildman–Crippen LogP) is 4.14. The van der Waals surface area contributed by atoms with Crippen LogP contribution >= 0.6 is 11.3 Å². The van der Waals surface area contributed by atoms with E-state index in [-0.39, 0.29) is 5.91 Å². The zero-order valence-electron chi connectivity index (χ0n) is 14.7. The Kier molecular flexibility index (Phi) is 4.49. The number of aryl methyl sites for hydroxylation is 2. The van der Waals surface area contributed by atoms with Crippen molar-refractivity contribution < 1.29 is 13.2 Å². The molecular formula is C20H18N2O3S2. The lowest BCUT2D eigenvalue weighted by atomic mass is 9.91. The second-order valence-electron chi connectivity index (χ2n) is 6.53. The molecule has 2 N–H and O–H groups in total. The summed E-state index contributed by atoms with van der Waals surface area (Å²) < 4.78 is 24.9. The third-order valence-corrected chi connectivity index (χ3v) is 6.22. The molecule has 0 saturated carbocycles. The van der Waals surface area contributed by atoms with E-state index in [0.717, 1.165) is 19.1 Å². The monoisotopic (exact) mass is 398 g/mol. The van der Waals surface area contributed by atoms with Gasteiger partial charge in [0.1, 0.15) is 0 Å². The van der Waals surface area contributed by atoms with Gasteiger partial charge >= 0.3 is 0 Å². The molecule has 1 heterocycles. The van der Waals surface area contributed by atoms with Gasteiger partial charge in [0, 0.05) is 16.3 Å². The van der Waals surface area contributed by atoms with Gasteiger partial charge in [-0.25, -0.2) is 8.42 Å². The SMILES string of the molecule is CS(=O)(=O)Nc1ccc(NC(=O)c2cc3c(s2)-c2ccccc2CC3)cc1. The third-order valence-electron chi connectivity index (χ3n) is 4.40. The van der Waals surface area contributed by atoms with Crippen molar-refractivity contribution in [3.63, 3.8) is 0 Å². The zero-order valence-corrected chi connectivity index (χ0v) is 16.3. The maximum Gasteiger partial charge on any atom is 0.265 e. The number of hydrogen-bond acceptors (Lipinski definition) is 4. The second kappa shape index (κ2) is 6.83. The number of anilines is 2. The molecule has 7 heteroatoms. The van der Waals surface area contributed by atoms with Crippen molar-refractivity contribution in [2.75, 3.05) is 16.3 Å². The van der Waals surface area contributed by atoms with Crippen LogP contribution in [0, 0.1) is 0 Å². The molecule has 1 amide bonds. The Hall–Kier alpha value is -2.64.